The van der Waals surface area contributed by atoms with Gasteiger partial charge in [0.15, 0.2) is 5.82 Å². The quantitative estimate of drug-likeness (QED) is 0.884. The van der Waals surface area contributed by atoms with Crippen LogP contribution in [0.4, 0.5) is 22.0 Å². The highest BCUT2D eigenvalue weighted by Crippen LogP contribution is 2.30. The number of urea groups is 1. The van der Waals surface area contributed by atoms with E-state index in [1.807, 2.05) is 49.4 Å². The van der Waals surface area contributed by atoms with Gasteiger partial charge in [0.25, 0.3) is 0 Å². The summed E-state index contributed by atoms with van der Waals surface area (Å²) in [5.41, 5.74) is 2.78. The molecule has 1 N–H and O–H groups in total. The van der Waals surface area contributed by atoms with E-state index in [-0.39, 0.29) is 6.03 Å². The molecule has 0 aliphatic carbocycles. The number of carbonyl (C=O) groups is 1. The van der Waals surface area contributed by atoms with Crippen molar-refractivity contribution in [3.63, 3.8) is 0 Å². The highest BCUT2D eigenvalue weighted by molar-refractivity contribution is 6.04. The number of benzene rings is 1. The van der Waals surface area contributed by atoms with Gasteiger partial charge in [-0.1, -0.05) is 23.8 Å². The number of carbonyl (C=O) groups excluding carboxylic acids is 1. The van der Waals surface area contributed by atoms with E-state index in [1.165, 1.54) is 0 Å². The minimum Gasteiger partial charge on any atom is -0.349 e. The van der Waals surface area contributed by atoms with Crippen LogP contribution in [0.15, 0.2) is 55.3 Å². The second-order valence-corrected chi connectivity index (χ2v) is 5.53. The molecule has 0 radical (unpaired) electrons. The summed E-state index contributed by atoms with van der Waals surface area (Å²) in [6.45, 7) is 7.87. The van der Waals surface area contributed by atoms with Crippen LogP contribution in [-0.4, -0.2) is 30.6 Å². The Morgan fingerprint density at radius 1 is 1.30 bits per heavy atom. The van der Waals surface area contributed by atoms with Gasteiger partial charge in [0.05, 0.1) is 5.69 Å². The molecule has 1 aromatic heterocycles. The van der Waals surface area contributed by atoms with Gasteiger partial charge in [-0.05, 0) is 31.2 Å². The van der Waals surface area contributed by atoms with E-state index in [0.717, 1.165) is 35.8 Å². The molecule has 5 heteroatoms. The van der Waals surface area contributed by atoms with Gasteiger partial charge in [0.1, 0.15) is 0 Å². The third-order valence-corrected chi connectivity index (χ3v) is 3.85. The Kier molecular flexibility index (Phi) is 4.28. The molecule has 0 fully saturated rings. The van der Waals surface area contributed by atoms with Crippen LogP contribution in [0.25, 0.3) is 0 Å². The van der Waals surface area contributed by atoms with Crippen LogP contribution >= 0.6 is 0 Å². The lowest BCUT2D eigenvalue weighted by atomic mass is 10.2. The molecule has 2 aromatic rings. The zero-order chi connectivity index (χ0) is 16.2. The fourth-order valence-electron chi connectivity index (χ4n) is 2.66. The zero-order valence-electron chi connectivity index (χ0n) is 13.2. The van der Waals surface area contributed by atoms with Gasteiger partial charge in [0, 0.05) is 31.5 Å². The molecule has 1 aromatic carbocycles. The number of aromatic nitrogens is 1. The smallest absolute Gasteiger partial charge is 0.326 e. The van der Waals surface area contributed by atoms with Crippen LogP contribution in [0.1, 0.15) is 5.56 Å². The van der Waals surface area contributed by atoms with Crippen molar-refractivity contribution in [1.82, 2.24) is 4.98 Å². The van der Waals surface area contributed by atoms with Crippen LogP contribution in [0, 0.1) is 6.92 Å². The molecule has 0 unspecified atom stereocenters. The molecular formula is C18H20N4O. The highest BCUT2D eigenvalue weighted by Gasteiger charge is 2.27. The van der Waals surface area contributed by atoms with E-state index in [4.69, 9.17) is 0 Å². The normalized spacial score (nSPS) is 13.4. The predicted molar refractivity (Wildman–Crippen MR) is 94.2 cm³/mol. The number of anilines is 3. The van der Waals surface area contributed by atoms with Gasteiger partial charge in [0.2, 0.25) is 0 Å². The topological polar surface area (TPSA) is 48.5 Å². The minimum atomic E-state index is -0.138. The molecule has 0 saturated heterocycles. The average Bonchev–Trinajstić information content (AvgIpc) is 2.57. The summed E-state index contributed by atoms with van der Waals surface area (Å²) in [6, 6.07) is 11.4. The largest absolute Gasteiger partial charge is 0.349 e. The Morgan fingerprint density at radius 2 is 2.09 bits per heavy atom. The van der Waals surface area contributed by atoms with Gasteiger partial charge in [-0.15, -0.1) is 6.58 Å². The number of pyridine rings is 1. The molecular weight excluding hydrogens is 288 g/mol. The Morgan fingerprint density at radius 3 is 2.83 bits per heavy atom. The molecule has 0 spiro atoms. The van der Waals surface area contributed by atoms with E-state index in [0.29, 0.717) is 6.54 Å². The Labute approximate surface area is 136 Å². The van der Waals surface area contributed by atoms with E-state index >= 15 is 0 Å². The summed E-state index contributed by atoms with van der Waals surface area (Å²) in [7, 11) is 0. The van der Waals surface area contributed by atoms with Crippen molar-refractivity contribution in [2.45, 2.75) is 6.92 Å². The molecule has 1 aliphatic rings. The van der Waals surface area contributed by atoms with Crippen LogP contribution in [0.2, 0.25) is 0 Å². The van der Waals surface area contributed by atoms with E-state index < -0.39 is 0 Å². The molecule has 118 valence electrons. The van der Waals surface area contributed by atoms with Gasteiger partial charge < -0.3 is 10.2 Å². The van der Waals surface area contributed by atoms with Crippen molar-refractivity contribution in [2.75, 3.05) is 34.8 Å². The third-order valence-electron chi connectivity index (χ3n) is 3.85. The van der Waals surface area contributed by atoms with Crippen molar-refractivity contribution in [3.05, 3.63) is 60.8 Å². The van der Waals surface area contributed by atoms with Gasteiger partial charge >= 0.3 is 6.03 Å². The minimum absolute atomic E-state index is 0.138. The summed E-state index contributed by atoms with van der Waals surface area (Å²) in [5.74, 6) is 0.817. The van der Waals surface area contributed by atoms with E-state index in [2.05, 4.69) is 21.8 Å². The number of fused-ring (bicyclic) bond motifs is 1. The summed E-state index contributed by atoms with van der Waals surface area (Å²) in [4.78, 5) is 20.9. The third kappa shape index (κ3) is 3.18. The summed E-state index contributed by atoms with van der Waals surface area (Å²) in [5, 5.41) is 2.95. The predicted octanol–water partition coefficient (Wildman–Crippen LogP) is 3.43. The van der Waals surface area contributed by atoms with Crippen molar-refractivity contribution in [2.24, 2.45) is 0 Å². The Hall–Kier alpha value is -2.82. The first-order chi connectivity index (χ1) is 11.2. The lowest BCUT2D eigenvalue weighted by Gasteiger charge is -2.36. The second-order valence-electron chi connectivity index (χ2n) is 5.53. The Balaban J connectivity index is 1.82. The second kappa shape index (κ2) is 6.52. The average molecular weight is 308 g/mol. The van der Waals surface area contributed by atoms with E-state index in [1.54, 1.807) is 11.1 Å². The van der Waals surface area contributed by atoms with Gasteiger partial charge in [-0.2, -0.15) is 0 Å². The molecule has 0 saturated carbocycles. The number of rotatable bonds is 3. The molecule has 3 rings (SSSR count). The maximum atomic E-state index is 12.6. The number of amides is 2. The zero-order valence-corrected chi connectivity index (χ0v) is 13.2. The molecule has 0 atom stereocenters. The van der Waals surface area contributed by atoms with Gasteiger partial charge in [-0.3, -0.25) is 4.90 Å². The number of hydrogen-bond donors (Lipinski definition) is 1. The standard InChI is InChI=1S/C18H20N4O/c1-3-11-21-12-13-22(16-5-4-10-19-17(16)21)18(23)20-15-8-6-14(2)7-9-15/h3-10H,1,11-13H2,2H3,(H,20,23). The summed E-state index contributed by atoms with van der Waals surface area (Å²) in [6.07, 6.45) is 3.59. The van der Waals surface area contributed by atoms with Crippen LogP contribution in [0.3, 0.4) is 0 Å². The first-order valence-electron chi connectivity index (χ1n) is 7.65. The van der Waals surface area contributed by atoms with Crippen molar-refractivity contribution in [3.8, 4) is 0 Å². The number of nitrogens with one attached hydrogen (secondary N) is 1. The lowest BCUT2D eigenvalue weighted by molar-refractivity contribution is 0.256. The number of aryl methyl sites for hydroxylation is 1. The number of hydrogen-bond acceptors (Lipinski definition) is 3. The maximum absolute atomic E-state index is 12.6. The van der Waals surface area contributed by atoms with Crippen LogP contribution in [-0.2, 0) is 0 Å². The van der Waals surface area contributed by atoms with Crippen LogP contribution < -0.4 is 15.1 Å². The summed E-state index contributed by atoms with van der Waals surface area (Å²) < 4.78 is 0. The molecule has 5 nitrogen and oxygen atoms in total. The fraction of sp³-hybridized carbons (Fsp3) is 0.222. The molecule has 1 aliphatic heterocycles. The highest BCUT2D eigenvalue weighted by atomic mass is 16.2. The number of nitrogens with zero attached hydrogens (tertiary/aromatic N) is 3. The first kappa shape index (κ1) is 15.1. The molecule has 2 amide bonds. The van der Waals surface area contributed by atoms with Crippen molar-refractivity contribution < 1.29 is 4.79 Å². The van der Waals surface area contributed by atoms with Crippen molar-refractivity contribution >= 4 is 23.2 Å². The van der Waals surface area contributed by atoms with Gasteiger partial charge in [-0.25, -0.2) is 9.78 Å². The Bertz CT molecular complexity index is 711. The summed E-state index contributed by atoms with van der Waals surface area (Å²) >= 11 is 0. The van der Waals surface area contributed by atoms with Crippen LogP contribution in [0.5, 0.6) is 0 Å². The molecule has 0 bridgehead atoms. The first-order valence-corrected chi connectivity index (χ1v) is 7.65. The van der Waals surface area contributed by atoms with Crippen molar-refractivity contribution in [1.29, 1.82) is 0 Å². The van der Waals surface area contributed by atoms with E-state index in [9.17, 15) is 4.79 Å². The molecule has 2 heterocycles. The fourth-order valence-corrected chi connectivity index (χ4v) is 2.66. The monoisotopic (exact) mass is 308 g/mol. The molecule has 23 heavy (non-hydrogen) atoms. The maximum Gasteiger partial charge on any atom is 0.326 e. The lowest BCUT2D eigenvalue weighted by Crippen LogP contribution is -2.46. The SMILES string of the molecule is C=CCN1CCN(C(=O)Nc2ccc(C)cc2)c2cccnc21.